The zero-order valence-electron chi connectivity index (χ0n) is 27.5. The van der Waals surface area contributed by atoms with Crippen molar-refractivity contribution in [2.75, 3.05) is 20.3 Å². The summed E-state index contributed by atoms with van der Waals surface area (Å²) in [6.45, 7) is 14.1. The van der Waals surface area contributed by atoms with Crippen molar-refractivity contribution in [1.29, 1.82) is 0 Å². The van der Waals surface area contributed by atoms with Crippen LogP contribution in [-0.2, 0) is 0 Å². The van der Waals surface area contributed by atoms with Crippen LogP contribution < -0.4 is 9.47 Å². The van der Waals surface area contributed by atoms with Crippen molar-refractivity contribution in [2.45, 2.75) is 92.9 Å². The van der Waals surface area contributed by atoms with Crippen LogP contribution in [0.3, 0.4) is 0 Å². The molecule has 5 heteroatoms. The number of ether oxygens (including phenoxy) is 2. The molecule has 0 spiro atoms. The highest BCUT2D eigenvalue weighted by atomic mass is 16.5. The molecule has 0 heterocycles. The molecule has 3 aromatic rings. The van der Waals surface area contributed by atoms with Gasteiger partial charge in [-0.25, -0.2) is 9.98 Å². The number of amidine groups is 2. The zero-order valence-corrected chi connectivity index (χ0v) is 27.5. The van der Waals surface area contributed by atoms with Gasteiger partial charge in [0.05, 0.1) is 18.8 Å². The van der Waals surface area contributed by atoms with Gasteiger partial charge < -0.3 is 9.47 Å². The first-order valence-electron chi connectivity index (χ1n) is 16.0. The number of aliphatic imine (C=N–C) groups is 3. The second-order valence-electron chi connectivity index (χ2n) is 11.4. The van der Waals surface area contributed by atoms with E-state index in [1.165, 1.54) is 48.8 Å². The van der Waals surface area contributed by atoms with E-state index in [0.29, 0.717) is 24.9 Å². The third-order valence-electron chi connectivity index (χ3n) is 7.51. The van der Waals surface area contributed by atoms with Gasteiger partial charge in [-0.1, -0.05) is 99.9 Å². The van der Waals surface area contributed by atoms with Gasteiger partial charge in [-0.2, -0.15) is 0 Å². The Kier molecular flexibility index (Phi) is 14.2. The van der Waals surface area contributed by atoms with E-state index in [2.05, 4.69) is 82.9 Å². The largest absolute Gasteiger partial charge is 0.493 e. The summed E-state index contributed by atoms with van der Waals surface area (Å²) in [5.74, 6) is 2.71. The topological polar surface area (TPSA) is 55.5 Å². The summed E-state index contributed by atoms with van der Waals surface area (Å²) in [6.07, 6.45) is 11.3. The molecule has 0 saturated heterocycles. The molecule has 0 amide bonds. The van der Waals surface area contributed by atoms with Gasteiger partial charge >= 0.3 is 0 Å². The van der Waals surface area contributed by atoms with Crippen LogP contribution in [0.25, 0.3) is 0 Å². The minimum Gasteiger partial charge on any atom is -0.493 e. The third-order valence-corrected chi connectivity index (χ3v) is 7.51. The summed E-state index contributed by atoms with van der Waals surface area (Å²) in [7, 11) is 1.78. The van der Waals surface area contributed by atoms with Gasteiger partial charge in [-0.05, 0) is 69.4 Å². The Hall–Kier alpha value is -3.73. The van der Waals surface area contributed by atoms with E-state index in [1.807, 2.05) is 24.4 Å². The number of nitrogens with zero attached hydrogens (tertiary/aromatic N) is 3. The lowest BCUT2D eigenvalue weighted by Crippen LogP contribution is -2.10. The summed E-state index contributed by atoms with van der Waals surface area (Å²) in [5.41, 5.74) is 7.57. The van der Waals surface area contributed by atoms with Crippen LogP contribution in [0, 0.1) is 27.7 Å². The normalized spacial score (nSPS) is 12.3. The molecule has 230 valence electrons. The summed E-state index contributed by atoms with van der Waals surface area (Å²) in [4.78, 5) is 14.6. The van der Waals surface area contributed by atoms with Crippen LogP contribution in [0.2, 0.25) is 0 Å². The maximum Gasteiger partial charge on any atom is 0.165 e. The van der Waals surface area contributed by atoms with Gasteiger partial charge in [0.25, 0.3) is 0 Å². The Morgan fingerprint density at radius 1 is 0.651 bits per heavy atom. The quantitative estimate of drug-likeness (QED) is 0.102. The highest BCUT2D eigenvalue weighted by Gasteiger charge is 2.15. The van der Waals surface area contributed by atoms with E-state index in [0.717, 1.165) is 53.0 Å². The molecule has 3 rings (SSSR count). The van der Waals surface area contributed by atoms with Gasteiger partial charge in [0.15, 0.2) is 11.7 Å². The van der Waals surface area contributed by atoms with Crippen LogP contribution in [0.15, 0.2) is 69.6 Å². The van der Waals surface area contributed by atoms with E-state index in [4.69, 9.17) is 19.5 Å². The van der Waals surface area contributed by atoms with Crippen LogP contribution >= 0.6 is 0 Å². The van der Waals surface area contributed by atoms with Crippen molar-refractivity contribution >= 4 is 17.9 Å². The smallest absolute Gasteiger partial charge is 0.165 e. The zero-order chi connectivity index (χ0) is 31.0. The molecule has 0 N–H and O–H groups in total. The SMILES string of the molecule is CCCCCCCCOc1ccc(C(=N/C(=N\C)c2ccc(C)cc2C)/N=C/c2ccc(C)cc2C)c(OCCCC)c1. The lowest BCUT2D eigenvalue weighted by Gasteiger charge is -2.15. The molecule has 5 nitrogen and oxygen atoms in total. The summed E-state index contributed by atoms with van der Waals surface area (Å²) < 4.78 is 12.5. The Labute approximate surface area is 260 Å². The molecule has 0 aliphatic rings. The van der Waals surface area contributed by atoms with Gasteiger partial charge in [0.2, 0.25) is 0 Å². The fourth-order valence-corrected chi connectivity index (χ4v) is 4.95. The van der Waals surface area contributed by atoms with Crippen LogP contribution in [0.5, 0.6) is 11.5 Å². The molecular weight excluding hydrogens is 530 g/mol. The van der Waals surface area contributed by atoms with Crippen LogP contribution in [0.4, 0.5) is 0 Å². The minimum atomic E-state index is 0.550. The van der Waals surface area contributed by atoms with E-state index in [1.54, 1.807) is 7.05 Å². The maximum atomic E-state index is 6.35. The Morgan fingerprint density at radius 3 is 2.00 bits per heavy atom. The summed E-state index contributed by atoms with van der Waals surface area (Å²) in [5, 5.41) is 0. The summed E-state index contributed by atoms with van der Waals surface area (Å²) in [6, 6.07) is 18.7. The fraction of sp³-hybridized carbons (Fsp3) is 0.447. The van der Waals surface area contributed by atoms with E-state index < -0.39 is 0 Å². The molecule has 43 heavy (non-hydrogen) atoms. The minimum absolute atomic E-state index is 0.550. The first-order chi connectivity index (χ1) is 20.9. The highest BCUT2D eigenvalue weighted by molar-refractivity contribution is 6.15. The Morgan fingerprint density at radius 2 is 1.30 bits per heavy atom. The first-order valence-corrected chi connectivity index (χ1v) is 16.0. The van der Waals surface area contributed by atoms with Crippen molar-refractivity contribution in [3.05, 3.63) is 93.5 Å². The maximum absolute atomic E-state index is 6.35. The lowest BCUT2D eigenvalue weighted by molar-refractivity contribution is 0.291. The van der Waals surface area contributed by atoms with Gasteiger partial charge in [0.1, 0.15) is 11.5 Å². The van der Waals surface area contributed by atoms with Crippen molar-refractivity contribution in [1.82, 2.24) is 0 Å². The molecule has 0 unspecified atom stereocenters. The predicted molar refractivity (Wildman–Crippen MR) is 184 cm³/mol. The lowest BCUT2D eigenvalue weighted by atomic mass is 10.0. The number of aryl methyl sites for hydroxylation is 4. The molecule has 0 atom stereocenters. The fourth-order valence-electron chi connectivity index (χ4n) is 4.95. The Bertz CT molecular complexity index is 1400. The number of unbranched alkanes of at least 4 members (excludes halogenated alkanes) is 6. The number of rotatable bonds is 15. The molecule has 3 aromatic carbocycles. The average Bonchev–Trinajstić information content (AvgIpc) is 2.98. The molecule has 0 aliphatic heterocycles. The number of hydrogen-bond donors (Lipinski definition) is 0. The van der Waals surface area contributed by atoms with Crippen LogP contribution in [0.1, 0.15) is 104 Å². The monoisotopic (exact) mass is 581 g/mol. The van der Waals surface area contributed by atoms with E-state index in [9.17, 15) is 0 Å². The molecule has 0 radical (unpaired) electrons. The first kappa shape index (κ1) is 33.8. The number of benzene rings is 3. The van der Waals surface area contributed by atoms with Crippen molar-refractivity contribution in [2.24, 2.45) is 15.0 Å². The van der Waals surface area contributed by atoms with Crippen molar-refractivity contribution in [3.63, 3.8) is 0 Å². The highest BCUT2D eigenvalue weighted by Crippen LogP contribution is 2.28. The third kappa shape index (κ3) is 10.8. The van der Waals surface area contributed by atoms with E-state index in [-0.39, 0.29) is 0 Å². The Balaban J connectivity index is 2.01. The van der Waals surface area contributed by atoms with Crippen LogP contribution in [-0.4, -0.2) is 38.1 Å². The standard InChI is InChI=1S/C38H51N3O2/c1-8-10-12-13-14-15-23-42-33-19-21-35(36(26-33)43-22-11-9-2)38(40-27-32-18-16-28(3)24-30(32)5)41-37(39-7)34-20-17-29(4)25-31(34)6/h16-21,24-27H,8-15,22-23H2,1-7H3/b39-37-,40-27+,41-38-. The molecule has 0 fully saturated rings. The van der Waals surface area contributed by atoms with Gasteiger partial charge in [-0.3, -0.25) is 4.99 Å². The average molecular weight is 582 g/mol. The van der Waals surface area contributed by atoms with Crippen molar-refractivity contribution < 1.29 is 9.47 Å². The van der Waals surface area contributed by atoms with E-state index >= 15 is 0 Å². The molecule has 0 aromatic heterocycles. The second-order valence-corrected chi connectivity index (χ2v) is 11.4. The predicted octanol–water partition coefficient (Wildman–Crippen LogP) is 9.78. The summed E-state index contributed by atoms with van der Waals surface area (Å²) >= 11 is 0. The van der Waals surface area contributed by atoms with Crippen molar-refractivity contribution in [3.8, 4) is 11.5 Å². The second kappa shape index (κ2) is 18.0. The molecule has 0 bridgehead atoms. The van der Waals surface area contributed by atoms with Gasteiger partial charge in [-0.15, -0.1) is 0 Å². The number of hydrogen-bond acceptors (Lipinski definition) is 3. The molecule has 0 saturated carbocycles. The molecular formula is C38H51N3O2. The molecule has 0 aliphatic carbocycles. The van der Waals surface area contributed by atoms with Gasteiger partial charge in [0, 0.05) is 24.9 Å².